The summed E-state index contributed by atoms with van der Waals surface area (Å²) in [6.45, 7) is 2.63. The molecule has 0 aliphatic carbocycles. The van der Waals surface area contributed by atoms with Gasteiger partial charge in [0.05, 0.1) is 0 Å². The molecule has 0 aromatic heterocycles. The molecule has 1 rings (SSSR count). The lowest BCUT2D eigenvalue weighted by molar-refractivity contribution is -0.146. The van der Waals surface area contributed by atoms with Gasteiger partial charge in [-0.25, -0.2) is 0 Å². The van der Waals surface area contributed by atoms with Gasteiger partial charge in [-0.2, -0.15) is 0 Å². The second kappa shape index (κ2) is 4.98. The second-order valence-electron chi connectivity index (χ2n) is 3.82. The van der Waals surface area contributed by atoms with Gasteiger partial charge in [-0.1, -0.05) is 26.2 Å². The molecule has 4 nitrogen and oxygen atoms in total. The zero-order chi connectivity index (χ0) is 10.6. The van der Waals surface area contributed by atoms with Crippen LogP contribution < -0.4 is 5.32 Å². The summed E-state index contributed by atoms with van der Waals surface area (Å²) < 4.78 is 0. The van der Waals surface area contributed by atoms with Crippen molar-refractivity contribution < 1.29 is 14.7 Å². The van der Waals surface area contributed by atoms with Crippen molar-refractivity contribution in [3.8, 4) is 0 Å². The van der Waals surface area contributed by atoms with Crippen LogP contribution in [0.25, 0.3) is 0 Å². The molecule has 1 saturated heterocycles. The van der Waals surface area contributed by atoms with E-state index >= 15 is 0 Å². The van der Waals surface area contributed by atoms with E-state index in [9.17, 15) is 9.59 Å². The van der Waals surface area contributed by atoms with E-state index in [0.29, 0.717) is 6.54 Å². The normalized spacial score (nSPS) is 26.2. The molecule has 0 spiro atoms. The number of carboxylic acids is 1. The number of carboxylic acid groups (broad SMARTS) is 1. The maximum absolute atomic E-state index is 11.2. The highest BCUT2D eigenvalue weighted by atomic mass is 16.4. The fourth-order valence-electron chi connectivity index (χ4n) is 1.91. The minimum Gasteiger partial charge on any atom is -0.481 e. The lowest BCUT2D eigenvalue weighted by Crippen LogP contribution is -2.27. The van der Waals surface area contributed by atoms with E-state index in [2.05, 4.69) is 12.2 Å². The molecule has 1 fully saturated rings. The number of rotatable bonds is 5. The first-order valence-corrected chi connectivity index (χ1v) is 5.17. The Bertz CT molecular complexity index is 227. The van der Waals surface area contributed by atoms with Crippen LogP contribution in [0, 0.1) is 11.8 Å². The Morgan fingerprint density at radius 2 is 2.29 bits per heavy atom. The average molecular weight is 199 g/mol. The molecular formula is C10H17NO3. The predicted octanol–water partition coefficient (Wildman–Crippen LogP) is 1.01. The molecule has 2 atom stereocenters. The van der Waals surface area contributed by atoms with Gasteiger partial charge in [-0.15, -0.1) is 0 Å². The molecule has 14 heavy (non-hydrogen) atoms. The van der Waals surface area contributed by atoms with Crippen molar-refractivity contribution >= 4 is 11.9 Å². The largest absolute Gasteiger partial charge is 0.481 e. The topological polar surface area (TPSA) is 66.4 Å². The van der Waals surface area contributed by atoms with Crippen LogP contribution in [0.1, 0.15) is 32.6 Å². The molecule has 1 amide bonds. The van der Waals surface area contributed by atoms with Gasteiger partial charge < -0.3 is 10.4 Å². The van der Waals surface area contributed by atoms with E-state index in [1.807, 2.05) is 0 Å². The summed E-state index contributed by atoms with van der Waals surface area (Å²) in [7, 11) is 0. The van der Waals surface area contributed by atoms with Crippen molar-refractivity contribution in [3.05, 3.63) is 0 Å². The molecule has 80 valence electrons. The van der Waals surface area contributed by atoms with Crippen molar-refractivity contribution in [2.45, 2.75) is 32.6 Å². The Hall–Kier alpha value is -1.06. The number of carbonyl (C=O) groups is 2. The number of hydrogen-bond acceptors (Lipinski definition) is 2. The first kappa shape index (κ1) is 11.0. The molecule has 1 aliphatic heterocycles. The summed E-state index contributed by atoms with van der Waals surface area (Å²) in [6, 6.07) is 0. The SMILES string of the molecule is CCCCCC1CNC(=O)C1C(=O)O. The lowest BCUT2D eigenvalue weighted by Gasteiger charge is -2.11. The van der Waals surface area contributed by atoms with E-state index in [0.717, 1.165) is 25.7 Å². The minimum absolute atomic E-state index is 0.00782. The van der Waals surface area contributed by atoms with Crippen LogP contribution in [0.15, 0.2) is 0 Å². The predicted molar refractivity (Wildman–Crippen MR) is 51.8 cm³/mol. The molecule has 0 saturated carbocycles. The molecule has 1 heterocycles. The van der Waals surface area contributed by atoms with E-state index in [1.165, 1.54) is 0 Å². The van der Waals surface area contributed by atoms with Crippen molar-refractivity contribution in [2.24, 2.45) is 11.8 Å². The Balaban J connectivity index is 2.43. The number of hydrogen-bond donors (Lipinski definition) is 2. The number of nitrogens with one attached hydrogen (secondary N) is 1. The van der Waals surface area contributed by atoms with Crippen molar-refractivity contribution in [1.29, 1.82) is 0 Å². The molecule has 2 unspecified atom stereocenters. The summed E-state index contributed by atoms with van der Waals surface area (Å²) >= 11 is 0. The smallest absolute Gasteiger partial charge is 0.316 e. The highest BCUT2D eigenvalue weighted by molar-refractivity contribution is 5.98. The van der Waals surface area contributed by atoms with E-state index < -0.39 is 11.9 Å². The second-order valence-corrected chi connectivity index (χ2v) is 3.82. The van der Waals surface area contributed by atoms with Gasteiger partial charge in [-0.3, -0.25) is 9.59 Å². The van der Waals surface area contributed by atoms with E-state index in [1.54, 1.807) is 0 Å². The van der Waals surface area contributed by atoms with Gasteiger partial charge in [0.15, 0.2) is 0 Å². The third kappa shape index (κ3) is 2.47. The summed E-state index contributed by atoms with van der Waals surface area (Å²) in [5.74, 6) is -2.13. The number of unbranched alkanes of at least 4 members (excludes halogenated alkanes) is 2. The fourth-order valence-corrected chi connectivity index (χ4v) is 1.91. The number of amides is 1. The van der Waals surface area contributed by atoms with Crippen LogP contribution in [-0.4, -0.2) is 23.5 Å². The third-order valence-corrected chi connectivity index (χ3v) is 2.74. The summed E-state index contributed by atoms with van der Waals surface area (Å²) in [4.78, 5) is 22.0. The molecule has 1 aliphatic rings. The van der Waals surface area contributed by atoms with Crippen LogP contribution in [0.5, 0.6) is 0 Å². The Kier molecular flexibility index (Phi) is 3.92. The number of carbonyl (C=O) groups excluding carboxylic acids is 1. The highest BCUT2D eigenvalue weighted by Crippen LogP contribution is 2.23. The Morgan fingerprint density at radius 3 is 2.86 bits per heavy atom. The monoisotopic (exact) mass is 199 g/mol. The quantitative estimate of drug-likeness (QED) is 0.513. The molecule has 0 bridgehead atoms. The summed E-state index contributed by atoms with van der Waals surface area (Å²) in [6.07, 6.45) is 4.08. The number of aliphatic carboxylic acids is 1. The van der Waals surface area contributed by atoms with E-state index in [-0.39, 0.29) is 11.8 Å². The van der Waals surface area contributed by atoms with Crippen LogP contribution in [-0.2, 0) is 9.59 Å². The molecule has 0 radical (unpaired) electrons. The van der Waals surface area contributed by atoms with Gasteiger partial charge in [0.1, 0.15) is 5.92 Å². The van der Waals surface area contributed by atoms with Crippen molar-refractivity contribution in [2.75, 3.05) is 6.54 Å². The maximum atomic E-state index is 11.2. The molecular weight excluding hydrogens is 182 g/mol. The minimum atomic E-state index is -0.985. The van der Waals surface area contributed by atoms with Crippen LogP contribution in [0.3, 0.4) is 0 Å². The summed E-state index contributed by atoms with van der Waals surface area (Å²) in [5, 5.41) is 11.5. The van der Waals surface area contributed by atoms with E-state index in [4.69, 9.17) is 5.11 Å². The van der Waals surface area contributed by atoms with Crippen molar-refractivity contribution in [1.82, 2.24) is 5.32 Å². The zero-order valence-corrected chi connectivity index (χ0v) is 8.45. The third-order valence-electron chi connectivity index (χ3n) is 2.74. The first-order chi connectivity index (χ1) is 6.66. The van der Waals surface area contributed by atoms with Crippen molar-refractivity contribution in [3.63, 3.8) is 0 Å². The average Bonchev–Trinajstić information content (AvgIpc) is 2.47. The highest BCUT2D eigenvalue weighted by Gasteiger charge is 2.39. The zero-order valence-electron chi connectivity index (χ0n) is 8.45. The molecule has 2 N–H and O–H groups in total. The van der Waals surface area contributed by atoms with Gasteiger partial charge in [-0.05, 0) is 12.3 Å². The first-order valence-electron chi connectivity index (χ1n) is 5.17. The summed E-state index contributed by atoms with van der Waals surface area (Å²) in [5.41, 5.74) is 0. The standard InChI is InChI=1S/C10H17NO3/c1-2-3-4-5-7-6-11-9(12)8(7)10(13)14/h7-8H,2-6H2,1H3,(H,11,12)(H,13,14). The van der Waals surface area contributed by atoms with Crippen LogP contribution >= 0.6 is 0 Å². The lowest BCUT2D eigenvalue weighted by atomic mass is 9.90. The van der Waals surface area contributed by atoms with Gasteiger partial charge in [0.2, 0.25) is 5.91 Å². The van der Waals surface area contributed by atoms with Crippen LogP contribution in [0.4, 0.5) is 0 Å². The van der Waals surface area contributed by atoms with Gasteiger partial charge >= 0.3 is 5.97 Å². The molecule has 0 aromatic carbocycles. The van der Waals surface area contributed by atoms with Gasteiger partial charge in [0, 0.05) is 6.54 Å². The Morgan fingerprint density at radius 1 is 1.57 bits per heavy atom. The Labute approximate surface area is 83.7 Å². The fraction of sp³-hybridized carbons (Fsp3) is 0.800. The maximum Gasteiger partial charge on any atom is 0.316 e. The van der Waals surface area contributed by atoms with Crippen LogP contribution in [0.2, 0.25) is 0 Å². The molecule has 4 heteroatoms. The van der Waals surface area contributed by atoms with Gasteiger partial charge in [0.25, 0.3) is 0 Å². The molecule has 0 aromatic rings.